The Labute approximate surface area is 126 Å². The lowest BCUT2D eigenvalue weighted by atomic mass is 10.1. The third-order valence-electron chi connectivity index (χ3n) is 3.99. The van der Waals surface area contributed by atoms with E-state index in [1.807, 2.05) is 19.1 Å². The minimum Gasteiger partial charge on any atom is -0.334 e. The second kappa shape index (κ2) is 7.65. The van der Waals surface area contributed by atoms with Gasteiger partial charge in [0, 0.05) is 10.7 Å². The third kappa shape index (κ3) is 4.80. The molecule has 0 saturated heterocycles. The number of rotatable bonds is 4. The number of anilines is 1. The Kier molecular flexibility index (Phi) is 5.86. The Morgan fingerprint density at radius 1 is 1.20 bits per heavy atom. The van der Waals surface area contributed by atoms with Gasteiger partial charge in [0.25, 0.3) is 5.91 Å². The monoisotopic (exact) mass is 295 g/mol. The summed E-state index contributed by atoms with van der Waals surface area (Å²) in [6, 6.07) is 7.79. The van der Waals surface area contributed by atoms with Crippen LogP contribution in [0.25, 0.3) is 0 Å². The van der Waals surface area contributed by atoms with Gasteiger partial charge >= 0.3 is 0 Å². The first-order valence-electron chi connectivity index (χ1n) is 7.56. The molecule has 0 spiro atoms. The number of hydrogen-bond acceptors (Lipinski definition) is 1. The molecule has 0 radical (unpaired) electrons. The van der Waals surface area contributed by atoms with Gasteiger partial charge < -0.3 is 10.6 Å². The van der Waals surface area contributed by atoms with Crippen LogP contribution in [0.15, 0.2) is 24.3 Å². The van der Waals surface area contributed by atoms with Crippen molar-refractivity contribution in [3.63, 3.8) is 0 Å². The number of carbonyl (C=O) groups excluding carboxylic acids is 1. The molecule has 4 heteroatoms. The van der Waals surface area contributed by atoms with Gasteiger partial charge in [-0.15, -0.1) is 0 Å². The van der Waals surface area contributed by atoms with E-state index in [2.05, 4.69) is 10.6 Å². The topological polar surface area (TPSA) is 45.7 Å². The predicted molar refractivity (Wildman–Crippen MR) is 83.0 cm³/mol. The summed E-state index contributed by atoms with van der Waals surface area (Å²) in [4.78, 5) is 12.2. The summed E-state index contributed by atoms with van der Waals surface area (Å²) >= 11 is 5.84. The summed E-state index contributed by atoms with van der Waals surface area (Å²) in [7, 11) is 0. The highest BCUT2D eigenvalue weighted by Crippen LogP contribution is 2.15. The quantitative estimate of drug-likeness (QED) is 0.824. The maximum atomic E-state index is 12.2. The van der Waals surface area contributed by atoms with Crippen LogP contribution < -0.4 is 10.6 Å². The average Bonchev–Trinajstić information content (AvgIpc) is 2.70. The molecule has 1 aromatic carbocycles. The second-order valence-electron chi connectivity index (χ2n) is 5.73. The molecule has 0 unspecified atom stereocenters. The number of amides is 1. The van der Waals surface area contributed by atoms with E-state index in [9.17, 15) is 4.79 Å². The summed E-state index contributed by atoms with van der Waals surface area (Å²) in [5.74, 6) is 0.0663. The van der Waals surface area contributed by atoms with Gasteiger partial charge in [-0.05, 0) is 56.9 Å². The van der Waals surface area contributed by atoms with Crippen LogP contribution in [0.4, 0.5) is 5.69 Å². The van der Waals surface area contributed by atoms with Crippen LogP contribution in [0, 0.1) is 0 Å². The number of nitrogens with one attached hydrogen (secondary N) is 1. The molecule has 1 fully saturated rings. The van der Waals surface area contributed by atoms with Crippen molar-refractivity contribution in [1.29, 1.82) is 0 Å². The van der Waals surface area contributed by atoms with Crippen LogP contribution in [0.2, 0.25) is 5.02 Å². The number of benzene rings is 1. The van der Waals surface area contributed by atoms with E-state index >= 15 is 0 Å². The van der Waals surface area contributed by atoms with E-state index < -0.39 is 0 Å². The van der Waals surface area contributed by atoms with Crippen molar-refractivity contribution in [2.75, 3.05) is 5.32 Å². The van der Waals surface area contributed by atoms with Gasteiger partial charge in [-0.3, -0.25) is 4.79 Å². The lowest BCUT2D eigenvalue weighted by Crippen LogP contribution is -2.96. The highest BCUT2D eigenvalue weighted by atomic mass is 35.5. The van der Waals surface area contributed by atoms with Crippen molar-refractivity contribution in [1.82, 2.24) is 0 Å². The molecule has 0 aromatic heterocycles. The van der Waals surface area contributed by atoms with E-state index in [1.165, 1.54) is 38.5 Å². The Morgan fingerprint density at radius 2 is 1.80 bits per heavy atom. The van der Waals surface area contributed by atoms with Crippen molar-refractivity contribution in [3.8, 4) is 0 Å². The Morgan fingerprint density at radius 3 is 2.40 bits per heavy atom. The maximum absolute atomic E-state index is 12.2. The average molecular weight is 296 g/mol. The summed E-state index contributed by atoms with van der Waals surface area (Å²) in [5.41, 5.74) is 0.806. The van der Waals surface area contributed by atoms with Crippen LogP contribution in [-0.2, 0) is 4.79 Å². The molecular weight excluding hydrogens is 272 g/mol. The van der Waals surface area contributed by atoms with Crippen molar-refractivity contribution >= 4 is 23.2 Å². The largest absolute Gasteiger partial charge is 0.334 e. The second-order valence-corrected chi connectivity index (χ2v) is 6.17. The van der Waals surface area contributed by atoms with Crippen molar-refractivity contribution in [2.24, 2.45) is 0 Å². The van der Waals surface area contributed by atoms with Crippen molar-refractivity contribution < 1.29 is 10.1 Å². The molecule has 2 rings (SSSR count). The number of quaternary nitrogens is 1. The fourth-order valence-electron chi connectivity index (χ4n) is 2.79. The first-order valence-corrected chi connectivity index (χ1v) is 7.94. The van der Waals surface area contributed by atoms with Gasteiger partial charge in [0.15, 0.2) is 6.04 Å². The van der Waals surface area contributed by atoms with Gasteiger partial charge in [-0.2, -0.15) is 0 Å². The van der Waals surface area contributed by atoms with Gasteiger partial charge in [-0.1, -0.05) is 24.4 Å². The molecule has 3 N–H and O–H groups in total. The smallest absolute Gasteiger partial charge is 0.282 e. The fraction of sp³-hybridized carbons (Fsp3) is 0.562. The minimum atomic E-state index is -0.0474. The lowest BCUT2D eigenvalue weighted by Gasteiger charge is -2.18. The zero-order valence-electron chi connectivity index (χ0n) is 12.1. The third-order valence-corrected chi connectivity index (χ3v) is 4.24. The van der Waals surface area contributed by atoms with Crippen LogP contribution in [0.3, 0.4) is 0 Å². The van der Waals surface area contributed by atoms with E-state index in [0.29, 0.717) is 11.1 Å². The number of hydrogen-bond donors (Lipinski definition) is 2. The number of nitrogens with two attached hydrogens (primary N) is 1. The van der Waals surface area contributed by atoms with Crippen LogP contribution in [0.1, 0.15) is 45.4 Å². The molecule has 1 aromatic rings. The molecule has 1 atom stereocenters. The van der Waals surface area contributed by atoms with Gasteiger partial charge in [-0.25, -0.2) is 0 Å². The highest BCUT2D eigenvalue weighted by molar-refractivity contribution is 6.30. The van der Waals surface area contributed by atoms with E-state index in [0.717, 1.165) is 5.69 Å². The molecule has 0 aliphatic heterocycles. The summed E-state index contributed by atoms with van der Waals surface area (Å²) < 4.78 is 0. The zero-order valence-corrected chi connectivity index (χ0v) is 12.8. The molecule has 1 saturated carbocycles. The van der Waals surface area contributed by atoms with Crippen LogP contribution >= 0.6 is 11.6 Å². The first-order chi connectivity index (χ1) is 9.65. The van der Waals surface area contributed by atoms with Gasteiger partial charge in [0.05, 0.1) is 6.04 Å². The minimum absolute atomic E-state index is 0.0474. The molecule has 0 heterocycles. The summed E-state index contributed by atoms with van der Waals surface area (Å²) in [6.07, 6.45) is 7.75. The van der Waals surface area contributed by atoms with E-state index in [4.69, 9.17) is 11.6 Å². The highest BCUT2D eigenvalue weighted by Gasteiger charge is 2.22. The molecule has 110 valence electrons. The normalized spacial score (nSPS) is 18.3. The Hall–Kier alpha value is -1.06. The standard InChI is InChI=1S/C16H23ClN2O/c1-12(18-14-6-4-2-3-5-7-14)16(20)19-15-10-8-13(17)9-11-15/h8-12,14,18H,2-7H2,1H3,(H,19,20)/p+1/t12-/m0/s1. The summed E-state index contributed by atoms with van der Waals surface area (Å²) in [6.45, 7) is 1.98. The molecule has 3 nitrogen and oxygen atoms in total. The molecule has 1 amide bonds. The maximum Gasteiger partial charge on any atom is 0.282 e. The Balaban J connectivity index is 1.83. The lowest BCUT2D eigenvalue weighted by molar-refractivity contribution is -0.707. The zero-order chi connectivity index (χ0) is 14.4. The van der Waals surface area contributed by atoms with Gasteiger partial charge in [0.2, 0.25) is 0 Å². The number of carbonyl (C=O) groups is 1. The summed E-state index contributed by atoms with van der Waals surface area (Å²) in [5, 5.41) is 5.86. The van der Waals surface area contributed by atoms with Crippen molar-refractivity contribution in [3.05, 3.63) is 29.3 Å². The number of halogens is 1. The van der Waals surface area contributed by atoms with Crippen molar-refractivity contribution in [2.45, 2.75) is 57.5 Å². The predicted octanol–water partition coefficient (Wildman–Crippen LogP) is 2.95. The SMILES string of the molecule is C[C@H]([NH2+]C1CCCCCC1)C(=O)Nc1ccc(Cl)cc1. The van der Waals surface area contributed by atoms with E-state index in [1.54, 1.807) is 12.1 Å². The van der Waals surface area contributed by atoms with Crippen LogP contribution in [-0.4, -0.2) is 18.0 Å². The fourth-order valence-corrected chi connectivity index (χ4v) is 2.91. The molecule has 20 heavy (non-hydrogen) atoms. The molecule has 1 aliphatic rings. The van der Waals surface area contributed by atoms with E-state index in [-0.39, 0.29) is 11.9 Å². The Bertz CT molecular complexity index is 425. The van der Waals surface area contributed by atoms with Crippen LogP contribution in [0.5, 0.6) is 0 Å². The molecular formula is C16H24ClN2O+. The molecule has 0 bridgehead atoms. The first kappa shape index (κ1) is 15.3. The van der Waals surface area contributed by atoms with Gasteiger partial charge in [0.1, 0.15) is 0 Å². The molecule has 1 aliphatic carbocycles.